The normalized spacial score (nSPS) is 3.00. The van der Waals surface area contributed by atoms with Crippen LogP contribution < -0.4 is 0 Å². The Labute approximate surface area is 62.7 Å². The zero-order valence-electron chi connectivity index (χ0n) is 2.12. The Balaban J connectivity index is 0. The molecule has 5 heavy (non-hydrogen) atoms. The van der Waals surface area contributed by atoms with E-state index in [-0.39, 0.29) is 0 Å². The van der Waals surface area contributed by atoms with Gasteiger partial charge in [0.25, 0.3) is 0 Å². The summed E-state index contributed by atoms with van der Waals surface area (Å²) in [7, 11) is 0. The predicted molar refractivity (Wildman–Crippen MR) is 10.9 cm³/mol. The topological polar surface area (TPSA) is 22.3 Å². The molecule has 0 N–H and O–H groups in total. The third-order valence-corrected chi connectivity index (χ3v) is 0. The molecule has 0 aromatic rings. The zero-order valence-corrected chi connectivity index (χ0v) is 10.2. The van der Waals surface area contributed by atoms with Gasteiger partial charge in [-0.3, -0.25) is 0 Å². The van der Waals surface area contributed by atoms with E-state index < -0.39 is 0 Å². The first-order valence-corrected chi connectivity index (χ1v) is 9.01. The molecule has 1 nitrogen and oxygen atoms in total. The van der Waals surface area contributed by atoms with Gasteiger partial charge in [0, 0.05) is 0 Å². The second-order valence-electron chi connectivity index (χ2n) is 0.0680. The first-order valence-electron chi connectivity index (χ1n) is 0.533. The van der Waals surface area contributed by atoms with Gasteiger partial charge in [-0.2, -0.15) is 0 Å². The van der Waals surface area contributed by atoms with Crippen molar-refractivity contribution in [2.45, 2.75) is 0 Å². The molecule has 0 fully saturated rings. The SMILES string of the molecule is [N-]=[V].[W]=[S]=[W]. The Morgan fingerprint density at radius 2 is 1.40 bits per heavy atom. The summed E-state index contributed by atoms with van der Waals surface area (Å²) in [5.41, 5.74) is 0. The first kappa shape index (κ1) is 10.1. The van der Waals surface area contributed by atoms with Crippen molar-refractivity contribution in [1.82, 2.24) is 0 Å². The van der Waals surface area contributed by atoms with Gasteiger partial charge in [0.05, 0.1) is 0 Å². The maximum atomic E-state index is 6.94. The van der Waals surface area contributed by atoms with Crippen LogP contribution in [0.2, 0.25) is 0 Å². The van der Waals surface area contributed by atoms with E-state index in [9.17, 15) is 0 Å². The van der Waals surface area contributed by atoms with Crippen molar-refractivity contribution >= 4 is 6.15 Å². The average Bonchev–Trinajstić information content (AvgIpc) is 1.46. The van der Waals surface area contributed by atoms with Crippen LogP contribution in [0.25, 0.3) is 4.21 Å². The molecule has 0 aliphatic heterocycles. The molecule has 0 rings (SSSR count). The minimum absolute atomic E-state index is 1.31. The third-order valence-electron chi connectivity index (χ3n) is 0. The first-order chi connectivity index (χ1) is 2.41. The van der Waals surface area contributed by atoms with E-state index in [1.54, 1.807) is 36.0 Å². The van der Waals surface area contributed by atoms with Crippen LogP contribution in [-0.2, 0) is 53.2 Å². The van der Waals surface area contributed by atoms with Crippen LogP contribution in [0.4, 0.5) is 0 Å². The molecular formula is NSVW2-. The Morgan fingerprint density at radius 1 is 1.40 bits per heavy atom. The van der Waals surface area contributed by atoms with Gasteiger partial charge in [-0.25, -0.2) is 0 Å². The Morgan fingerprint density at radius 3 is 1.40 bits per heavy atom. The van der Waals surface area contributed by atoms with E-state index in [1.165, 1.54) is 17.2 Å². The van der Waals surface area contributed by atoms with Crippen LogP contribution >= 0.6 is 6.15 Å². The second kappa shape index (κ2) is 16.7. The van der Waals surface area contributed by atoms with Gasteiger partial charge in [-0.05, 0) is 0 Å². The van der Waals surface area contributed by atoms with Crippen molar-refractivity contribution in [3.05, 3.63) is 4.21 Å². The van der Waals surface area contributed by atoms with E-state index in [2.05, 4.69) is 0 Å². The van der Waals surface area contributed by atoms with Crippen LogP contribution in [0.5, 0.6) is 0 Å². The van der Waals surface area contributed by atoms with Crippen LogP contribution in [0.3, 0.4) is 0 Å². The molecular weight excluding hydrogens is 465 g/mol. The van der Waals surface area contributed by atoms with E-state index in [1.807, 2.05) is 6.15 Å². The standard InChI is InChI=1S/N.S.V.2W/q-1;;;;. The third kappa shape index (κ3) is 24.2. The molecule has 0 radical (unpaired) electrons. The Bertz CT molecular complexity index is 38.9. The van der Waals surface area contributed by atoms with Crippen molar-refractivity contribution in [2.75, 3.05) is 0 Å². The van der Waals surface area contributed by atoms with Crippen molar-refractivity contribution < 1.29 is 53.2 Å². The fourth-order valence-electron chi connectivity index (χ4n) is 0. The molecule has 0 atom stereocenters. The minimum atomic E-state index is 1.31. The number of rotatable bonds is 0. The summed E-state index contributed by atoms with van der Waals surface area (Å²) >= 11 is 4.56. The number of nitrogens with zero attached hydrogens (tertiary/aromatic N) is 1. The summed E-state index contributed by atoms with van der Waals surface area (Å²) in [5, 5.41) is 0. The van der Waals surface area contributed by atoms with Gasteiger partial charge in [-0.15, -0.1) is 0 Å². The van der Waals surface area contributed by atoms with E-state index in [4.69, 9.17) is 4.21 Å². The van der Waals surface area contributed by atoms with Crippen molar-refractivity contribution in [1.29, 1.82) is 0 Å². The summed E-state index contributed by atoms with van der Waals surface area (Å²) in [4.78, 5) is 0. The second-order valence-corrected chi connectivity index (χ2v) is 13.7. The summed E-state index contributed by atoms with van der Waals surface area (Å²) in [6.45, 7) is 0. The predicted octanol–water partition coefficient (Wildman–Crippen LogP) is 0.929. The monoisotopic (exact) mass is 465 g/mol. The van der Waals surface area contributed by atoms with Crippen LogP contribution in [-0.4, -0.2) is 0 Å². The van der Waals surface area contributed by atoms with Gasteiger partial charge < -0.3 is 0 Å². The molecule has 0 spiro atoms. The molecule has 0 saturated heterocycles. The summed E-state index contributed by atoms with van der Waals surface area (Å²) in [6, 6.07) is 0. The Hall–Kier alpha value is 1.98. The Kier molecular flexibility index (Phi) is 33.6. The average molecular weight is 465 g/mol. The molecule has 5 heteroatoms. The van der Waals surface area contributed by atoms with E-state index in [0.29, 0.717) is 0 Å². The van der Waals surface area contributed by atoms with Gasteiger partial charge in [-0.1, -0.05) is 0 Å². The number of hydrogen-bond acceptors (Lipinski definition) is 0. The zero-order chi connectivity index (χ0) is 4.71. The quantitative estimate of drug-likeness (QED) is 0.509. The molecule has 0 heterocycles. The fourth-order valence-corrected chi connectivity index (χ4v) is 0. The van der Waals surface area contributed by atoms with Crippen molar-refractivity contribution in [2.24, 2.45) is 0 Å². The van der Waals surface area contributed by atoms with E-state index in [0.717, 1.165) is 0 Å². The molecule has 0 bridgehead atoms. The summed E-state index contributed by atoms with van der Waals surface area (Å²) in [5.74, 6) is 0. The molecule has 0 amide bonds. The maximum absolute atomic E-state index is 6.94. The molecule has 0 aromatic carbocycles. The van der Waals surface area contributed by atoms with Gasteiger partial charge in [0.2, 0.25) is 0 Å². The molecule has 0 aromatic heterocycles. The molecule has 29 valence electrons. The van der Waals surface area contributed by atoms with E-state index >= 15 is 0 Å². The molecule has 0 aliphatic rings. The van der Waals surface area contributed by atoms with Gasteiger partial charge in [0.15, 0.2) is 0 Å². The van der Waals surface area contributed by atoms with Gasteiger partial charge in [0.1, 0.15) is 0 Å². The van der Waals surface area contributed by atoms with Crippen molar-refractivity contribution in [3.8, 4) is 0 Å². The van der Waals surface area contributed by atoms with Crippen molar-refractivity contribution in [3.63, 3.8) is 0 Å². The fraction of sp³-hybridized carbons (Fsp3) is 0. The number of hydrogen-bond donors (Lipinski definition) is 0. The van der Waals surface area contributed by atoms with Crippen LogP contribution in [0.1, 0.15) is 0 Å². The van der Waals surface area contributed by atoms with Gasteiger partial charge >= 0.3 is 63.6 Å². The van der Waals surface area contributed by atoms with Crippen LogP contribution in [0.15, 0.2) is 0 Å². The molecule has 0 unspecified atom stereocenters. The molecule has 0 aliphatic carbocycles. The molecule has 0 saturated carbocycles. The summed E-state index contributed by atoms with van der Waals surface area (Å²) in [6.07, 6.45) is 1.92. The summed E-state index contributed by atoms with van der Waals surface area (Å²) < 4.78 is 6.94. The van der Waals surface area contributed by atoms with Crippen LogP contribution in [0, 0.1) is 0 Å².